The Labute approximate surface area is 127 Å². The van der Waals surface area contributed by atoms with Gasteiger partial charge in [0.2, 0.25) is 0 Å². The first-order chi connectivity index (χ1) is 9.31. The van der Waals surface area contributed by atoms with Gasteiger partial charge < -0.3 is 5.32 Å². The first-order valence-corrected chi connectivity index (χ1v) is 6.86. The highest BCUT2D eigenvalue weighted by atomic mass is 35.5. The van der Waals surface area contributed by atoms with Crippen molar-refractivity contribution in [3.63, 3.8) is 0 Å². The van der Waals surface area contributed by atoms with Crippen molar-refractivity contribution in [1.29, 1.82) is 5.26 Å². The number of aromatic nitrogens is 2. The summed E-state index contributed by atoms with van der Waals surface area (Å²) in [6.45, 7) is 7.03. The summed E-state index contributed by atoms with van der Waals surface area (Å²) in [5, 5.41) is 13.7. The van der Waals surface area contributed by atoms with Crippen molar-refractivity contribution in [3.8, 4) is 6.07 Å². The number of nitriles is 1. The van der Waals surface area contributed by atoms with E-state index in [1.165, 1.54) is 6.20 Å². The van der Waals surface area contributed by atoms with Crippen molar-refractivity contribution in [2.24, 2.45) is 5.41 Å². The minimum Gasteiger partial charge on any atom is -0.383 e. The Morgan fingerprint density at radius 1 is 1.35 bits per heavy atom. The zero-order chi connectivity index (χ0) is 14.9. The predicted molar refractivity (Wildman–Crippen MR) is 82.2 cm³/mol. The third kappa shape index (κ3) is 3.12. The molecule has 0 radical (unpaired) electrons. The van der Waals surface area contributed by atoms with E-state index in [1.54, 1.807) is 6.07 Å². The zero-order valence-electron chi connectivity index (χ0n) is 11.5. The Hall–Kier alpha value is -1.57. The Morgan fingerprint density at radius 3 is 2.65 bits per heavy atom. The summed E-state index contributed by atoms with van der Waals surface area (Å²) in [7, 11) is 0. The van der Waals surface area contributed by atoms with E-state index in [0.29, 0.717) is 28.7 Å². The third-order valence-electron chi connectivity index (χ3n) is 2.70. The van der Waals surface area contributed by atoms with E-state index in [1.807, 2.05) is 0 Å². The van der Waals surface area contributed by atoms with Crippen LogP contribution in [0.15, 0.2) is 12.3 Å². The van der Waals surface area contributed by atoms with Gasteiger partial charge in [0, 0.05) is 18.1 Å². The normalized spacial score (nSPS) is 11.4. The SMILES string of the molecule is CC(C)(C)CNc1c(C#N)cnc2c(Cl)nc(Cl)cc12. The van der Waals surface area contributed by atoms with E-state index >= 15 is 0 Å². The summed E-state index contributed by atoms with van der Waals surface area (Å²) in [5.41, 5.74) is 1.76. The quantitative estimate of drug-likeness (QED) is 0.842. The van der Waals surface area contributed by atoms with Crippen LogP contribution in [-0.4, -0.2) is 16.5 Å². The second-order valence-corrected chi connectivity index (χ2v) is 6.45. The van der Waals surface area contributed by atoms with Crippen molar-refractivity contribution >= 4 is 39.8 Å². The lowest BCUT2D eigenvalue weighted by molar-refractivity contribution is 0.443. The average Bonchev–Trinajstić information content (AvgIpc) is 2.34. The molecule has 0 saturated carbocycles. The summed E-state index contributed by atoms with van der Waals surface area (Å²) in [6.07, 6.45) is 1.49. The molecule has 0 aliphatic rings. The molecular weight excluding hydrogens is 295 g/mol. The number of anilines is 1. The Kier molecular flexibility index (Phi) is 4.03. The maximum absolute atomic E-state index is 9.23. The average molecular weight is 309 g/mol. The standard InChI is InChI=1S/C14H14Cl2N4/c1-14(2,3)7-19-11-8(5-17)6-18-12-9(11)4-10(15)20-13(12)16/h4,6H,7H2,1-3H3,(H,18,19). The highest BCUT2D eigenvalue weighted by Crippen LogP contribution is 2.31. The Bertz CT molecular complexity index is 699. The van der Waals surface area contributed by atoms with Gasteiger partial charge in [0.1, 0.15) is 16.7 Å². The molecule has 0 amide bonds. The van der Waals surface area contributed by atoms with Crippen LogP contribution in [0.1, 0.15) is 26.3 Å². The highest BCUT2D eigenvalue weighted by Gasteiger charge is 2.16. The van der Waals surface area contributed by atoms with Crippen LogP contribution in [0, 0.1) is 16.7 Å². The van der Waals surface area contributed by atoms with Crippen LogP contribution in [-0.2, 0) is 0 Å². The number of nitrogens with zero attached hydrogens (tertiary/aromatic N) is 3. The summed E-state index contributed by atoms with van der Waals surface area (Å²) >= 11 is 12.0. The minimum absolute atomic E-state index is 0.0724. The fourth-order valence-corrected chi connectivity index (χ4v) is 2.24. The smallest absolute Gasteiger partial charge is 0.157 e. The van der Waals surface area contributed by atoms with Crippen molar-refractivity contribution < 1.29 is 0 Å². The summed E-state index contributed by atoms with van der Waals surface area (Å²) in [4.78, 5) is 8.15. The molecular formula is C14H14Cl2N4. The lowest BCUT2D eigenvalue weighted by Gasteiger charge is -2.21. The predicted octanol–water partition coefficient (Wildman–Crippen LogP) is 4.27. The number of rotatable bonds is 2. The fraction of sp³-hybridized carbons (Fsp3) is 0.357. The lowest BCUT2D eigenvalue weighted by atomic mass is 9.96. The number of hydrogen-bond acceptors (Lipinski definition) is 4. The van der Waals surface area contributed by atoms with Gasteiger partial charge in [-0.3, -0.25) is 4.98 Å². The van der Waals surface area contributed by atoms with Crippen molar-refractivity contribution in [2.45, 2.75) is 20.8 Å². The summed E-state index contributed by atoms with van der Waals surface area (Å²) in [5.74, 6) is 0. The monoisotopic (exact) mass is 308 g/mol. The van der Waals surface area contributed by atoms with Crippen LogP contribution in [0.25, 0.3) is 10.9 Å². The van der Waals surface area contributed by atoms with E-state index in [4.69, 9.17) is 23.2 Å². The van der Waals surface area contributed by atoms with Gasteiger partial charge >= 0.3 is 0 Å². The maximum atomic E-state index is 9.23. The van der Waals surface area contributed by atoms with Crippen LogP contribution < -0.4 is 5.32 Å². The number of pyridine rings is 2. The number of nitrogens with one attached hydrogen (secondary N) is 1. The van der Waals surface area contributed by atoms with E-state index in [-0.39, 0.29) is 15.7 Å². The van der Waals surface area contributed by atoms with Crippen LogP contribution >= 0.6 is 23.2 Å². The number of hydrogen-bond donors (Lipinski definition) is 1. The van der Waals surface area contributed by atoms with Crippen molar-refractivity contribution in [3.05, 3.63) is 28.1 Å². The molecule has 0 fully saturated rings. The fourth-order valence-electron chi connectivity index (χ4n) is 1.76. The largest absolute Gasteiger partial charge is 0.383 e. The van der Waals surface area contributed by atoms with Gasteiger partial charge in [-0.1, -0.05) is 44.0 Å². The molecule has 2 rings (SSSR count). The molecule has 0 spiro atoms. The Morgan fingerprint density at radius 2 is 2.05 bits per heavy atom. The summed E-state index contributed by atoms with van der Waals surface area (Å²) in [6, 6.07) is 3.80. The third-order valence-corrected chi connectivity index (χ3v) is 3.15. The van der Waals surface area contributed by atoms with Gasteiger partial charge in [-0.2, -0.15) is 5.26 Å². The van der Waals surface area contributed by atoms with Crippen LogP contribution in [0.2, 0.25) is 10.3 Å². The highest BCUT2D eigenvalue weighted by molar-refractivity contribution is 6.36. The minimum atomic E-state index is 0.0724. The molecule has 1 N–H and O–H groups in total. The summed E-state index contributed by atoms with van der Waals surface area (Å²) < 4.78 is 0. The number of fused-ring (bicyclic) bond motifs is 1. The van der Waals surface area contributed by atoms with E-state index in [0.717, 1.165) is 0 Å². The van der Waals surface area contributed by atoms with Crippen LogP contribution in [0.4, 0.5) is 5.69 Å². The van der Waals surface area contributed by atoms with Gasteiger partial charge in [0.15, 0.2) is 5.15 Å². The molecule has 104 valence electrons. The van der Waals surface area contributed by atoms with Crippen molar-refractivity contribution in [1.82, 2.24) is 9.97 Å². The molecule has 0 unspecified atom stereocenters. The second-order valence-electron chi connectivity index (χ2n) is 5.70. The van der Waals surface area contributed by atoms with Gasteiger partial charge in [-0.05, 0) is 11.5 Å². The molecule has 0 bridgehead atoms. The molecule has 2 aromatic rings. The molecule has 0 saturated heterocycles. The molecule has 4 nitrogen and oxygen atoms in total. The molecule has 0 atom stereocenters. The second kappa shape index (κ2) is 5.43. The van der Waals surface area contributed by atoms with Gasteiger partial charge in [0.05, 0.1) is 11.3 Å². The van der Waals surface area contributed by atoms with Crippen LogP contribution in [0.5, 0.6) is 0 Å². The number of halogens is 2. The lowest BCUT2D eigenvalue weighted by Crippen LogP contribution is -2.19. The first kappa shape index (κ1) is 14.8. The van der Waals surface area contributed by atoms with Gasteiger partial charge in [0.25, 0.3) is 0 Å². The van der Waals surface area contributed by atoms with E-state index in [2.05, 4.69) is 42.1 Å². The molecule has 0 aliphatic heterocycles. The molecule has 6 heteroatoms. The van der Waals surface area contributed by atoms with Crippen LogP contribution in [0.3, 0.4) is 0 Å². The zero-order valence-corrected chi connectivity index (χ0v) is 13.0. The molecule has 0 aromatic carbocycles. The Balaban J connectivity index is 2.62. The first-order valence-electron chi connectivity index (χ1n) is 6.10. The van der Waals surface area contributed by atoms with Gasteiger partial charge in [-0.15, -0.1) is 0 Å². The maximum Gasteiger partial charge on any atom is 0.157 e. The molecule has 0 aliphatic carbocycles. The van der Waals surface area contributed by atoms with E-state index < -0.39 is 0 Å². The van der Waals surface area contributed by atoms with E-state index in [9.17, 15) is 5.26 Å². The topological polar surface area (TPSA) is 61.6 Å². The van der Waals surface area contributed by atoms with Crippen molar-refractivity contribution in [2.75, 3.05) is 11.9 Å². The molecule has 20 heavy (non-hydrogen) atoms. The molecule has 2 aromatic heterocycles. The van der Waals surface area contributed by atoms with Gasteiger partial charge in [-0.25, -0.2) is 4.98 Å². The molecule has 2 heterocycles.